The lowest BCUT2D eigenvalue weighted by molar-refractivity contribution is 0.116. The lowest BCUT2D eigenvalue weighted by atomic mass is 9.75. The maximum atomic E-state index is 5.73. The predicted octanol–water partition coefficient (Wildman–Crippen LogP) is 3.72. The van der Waals surface area contributed by atoms with Crippen LogP contribution in [0.3, 0.4) is 0 Å². The number of hydrogen-bond donors (Lipinski definition) is 0. The van der Waals surface area contributed by atoms with Gasteiger partial charge in [0.2, 0.25) is 0 Å². The minimum absolute atomic E-state index is 0.786. The average Bonchev–Trinajstić information content (AvgIpc) is 2.19. The molecule has 0 amide bonds. The molecule has 1 aliphatic carbocycles. The van der Waals surface area contributed by atoms with Gasteiger partial charge in [0.15, 0.2) is 0 Å². The van der Waals surface area contributed by atoms with Crippen molar-refractivity contribution in [1.29, 1.82) is 0 Å². The maximum absolute atomic E-state index is 5.73. The van der Waals surface area contributed by atoms with Crippen LogP contribution in [0.1, 0.15) is 19.8 Å². The number of hydrogen-bond acceptors (Lipinski definition) is 1. The van der Waals surface area contributed by atoms with Crippen molar-refractivity contribution in [3.05, 3.63) is 27.8 Å². The van der Waals surface area contributed by atoms with Crippen LogP contribution in [-0.4, -0.2) is 6.61 Å². The number of benzene rings is 1. The smallest absolute Gasteiger partial charge is 0.119 e. The highest BCUT2D eigenvalue weighted by molar-refractivity contribution is 14.1. The van der Waals surface area contributed by atoms with Gasteiger partial charge < -0.3 is 4.74 Å². The highest BCUT2D eigenvalue weighted by Gasteiger charge is 2.26. The normalized spacial score (nSPS) is 25.6. The molecule has 1 aromatic carbocycles. The van der Waals surface area contributed by atoms with Gasteiger partial charge in [-0.3, -0.25) is 0 Å². The highest BCUT2D eigenvalue weighted by atomic mass is 127. The summed E-state index contributed by atoms with van der Waals surface area (Å²) in [5.41, 5.74) is 0. The molecule has 1 nitrogen and oxygen atoms in total. The zero-order chi connectivity index (χ0) is 9.97. The fourth-order valence-electron chi connectivity index (χ4n) is 1.72. The summed E-state index contributed by atoms with van der Waals surface area (Å²) >= 11 is 2.30. The van der Waals surface area contributed by atoms with Gasteiger partial charge >= 0.3 is 0 Å². The predicted molar refractivity (Wildman–Crippen MR) is 66.5 cm³/mol. The molecule has 1 aromatic rings. The second-order valence-corrected chi connectivity index (χ2v) is 5.33. The summed E-state index contributed by atoms with van der Waals surface area (Å²) in [6.45, 7) is 3.20. The van der Waals surface area contributed by atoms with Gasteiger partial charge in [-0.25, -0.2) is 0 Å². The third-order valence-corrected chi connectivity index (χ3v) is 3.79. The summed E-state index contributed by atoms with van der Waals surface area (Å²) in [5, 5.41) is 0. The van der Waals surface area contributed by atoms with E-state index in [9.17, 15) is 0 Å². The van der Waals surface area contributed by atoms with Gasteiger partial charge in [0.25, 0.3) is 0 Å². The van der Waals surface area contributed by atoms with Crippen molar-refractivity contribution in [3.63, 3.8) is 0 Å². The molecule has 2 rings (SSSR count). The van der Waals surface area contributed by atoms with E-state index in [-0.39, 0.29) is 0 Å². The Kier molecular flexibility index (Phi) is 3.31. The van der Waals surface area contributed by atoms with E-state index in [0.29, 0.717) is 0 Å². The molecule has 0 radical (unpaired) electrons. The molecular formula is C12H15IO. The lowest BCUT2D eigenvalue weighted by Gasteiger charge is -2.33. The molecule has 0 saturated heterocycles. The first kappa shape index (κ1) is 10.3. The van der Waals surface area contributed by atoms with Crippen molar-refractivity contribution in [2.75, 3.05) is 6.61 Å². The van der Waals surface area contributed by atoms with E-state index in [1.807, 2.05) is 12.1 Å². The Morgan fingerprint density at radius 3 is 2.50 bits per heavy atom. The largest absolute Gasteiger partial charge is 0.493 e. The molecule has 0 aromatic heterocycles. The molecular weight excluding hydrogens is 287 g/mol. The highest BCUT2D eigenvalue weighted by Crippen LogP contribution is 2.33. The summed E-state index contributed by atoms with van der Waals surface area (Å²) in [4.78, 5) is 0. The molecule has 76 valence electrons. The minimum atomic E-state index is 0.786. The van der Waals surface area contributed by atoms with Crippen LogP contribution >= 0.6 is 22.6 Å². The second-order valence-electron chi connectivity index (χ2n) is 4.08. The third kappa shape index (κ3) is 2.41. The molecule has 0 heterocycles. The molecule has 1 fully saturated rings. The van der Waals surface area contributed by atoms with Crippen LogP contribution in [0.2, 0.25) is 0 Å². The Bertz CT molecular complexity index is 294. The van der Waals surface area contributed by atoms with Crippen LogP contribution in [0.5, 0.6) is 5.75 Å². The molecule has 2 heteroatoms. The van der Waals surface area contributed by atoms with E-state index in [0.717, 1.165) is 24.2 Å². The fraction of sp³-hybridized carbons (Fsp3) is 0.500. The Labute approximate surface area is 99.0 Å². The zero-order valence-corrected chi connectivity index (χ0v) is 10.5. The summed E-state index contributed by atoms with van der Waals surface area (Å²) in [5.74, 6) is 2.65. The van der Waals surface area contributed by atoms with Crippen LogP contribution < -0.4 is 4.74 Å². The van der Waals surface area contributed by atoms with E-state index < -0.39 is 0 Å². The number of ether oxygens (including phenoxy) is 1. The summed E-state index contributed by atoms with van der Waals surface area (Å²) < 4.78 is 6.99. The zero-order valence-electron chi connectivity index (χ0n) is 8.37. The van der Waals surface area contributed by atoms with E-state index in [1.54, 1.807) is 0 Å². The Morgan fingerprint density at radius 2 is 2.00 bits per heavy atom. The first-order valence-corrected chi connectivity index (χ1v) is 6.22. The summed E-state index contributed by atoms with van der Waals surface area (Å²) in [6, 6.07) is 8.26. The average molecular weight is 302 g/mol. The van der Waals surface area contributed by atoms with Crippen molar-refractivity contribution in [2.45, 2.75) is 19.8 Å². The van der Waals surface area contributed by atoms with Crippen molar-refractivity contribution >= 4 is 22.6 Å². The van der Waals surface area contributed by atoms with Crippen LogP contribution in [0.25, 0.3) is 0 Å². The molecule has 0 bridgehead atoms. The van der Waals surface area contributed by atoms with Gasteiger partial charge in [-0.15, -0.1) is 0 Å². The molecule has 0 unspecified atom stereocenters. The SMILES string of the molecule is C[C@@H]1CC[C@@H]1COc1ccc(I)cc1. The number of halogens is 1. The van der Waals surface area contributed by atoms with Crippen molar-refractivity contribution in [3.8, 4) is 5.75 Å². The van der Waals surface area contributed by atoms with E-state index in [2.05, 4.69) is 41.6 Å². The van der Waals surface area contributed by atoms with Crippen LogP contribution in [0.15, 0.2) is 24.3 Å². The summed E-state index contributed by atoms with van der Waals surface area (Å²) in [6.07, 6.45) is 2.71. The van der Waals surface area contributed by atoms with Gasteiger partial charge in [0, 0.05) is 3.57 Å². The Balaban J connectivity index is 1.83. The second kappa shape index (κ2) is 4.51. The van der Waals surface area contributed by atoms with Gasteiger partial charge in [-0.1, -0.05) is 6.92 Å². The lowest BCUT2D eigenvalue weighted by Crippen LogP contribution is -2.28. The topological polar surface area (TPSA) is 9.23 Å². The summed E-state index contributed by atoms with van der Waals surface area (Å²) in [7, 11) is 0. The van der Waals surface area contributed by atoms with Gasteiger partial charge in [0.05, 0.1) is 6.61 Å². The quantitative estimate of drug-likeness (QED) is 0.773. The monoisotopic (exact) mass is 302 g/mol. The van der Waals surface area contributed by atoms with Crippen LogP contribution in [-0.2, 0) is 0 Å². The molecule has 1 saturated carbocycles. The standard InChI is InChI=1S/C12H15IO/c1-9-2-3-10(9)8-14-12-6-4-11(13)5-7-12/h4-7,9-10H,2-3,8H2,1H3/t9-,10-/m1/s1. The Morgan fingerprint density at radius 1 is 1.29 bits per heavy atom. The molecule has 0 aliphatic heterocycles. The van der Waals surface area contributed by atoms with Gasteiger partial charge in [-0.2, -0.15) is 0 Å². The fourth-order valence-corrected chi connectivity index (χ4v) is 2.08. The molecule has 1 aliphatic rings. The van der Waals surface area contributed by atoms with Crippen LogP contribution in [0, 0.1) is 15.4 Å². The van der Waals surface area contributed by atoms with Crippen LogP contribution in [0.4, 0.5) is 0 Å². The van der Waals surface area contributed by atoms with Crippen molar-refractivity contribution < 1.29 is 4.74 Å². The first-order chi connectivity index (χ1) is 6.75. The van der Waals surface area contributed by atoms with E-state index in [1.165, 1.54) is 16.4 Å². The molecule has 0 N–H and O–H groups in total. The molecule has 0 spiro atoms. The van der Waals surface area contributed by atoms with Crippen molar-refractivity contribution in [2.24, 2.45) is 11.8 Å². The van der Waals surface area contributed by atoms with Gasteiger partial charge in [-0.05, 0) is 71.5 Å². The van der Waals surface area contributed by atoms with E-state index >= 15 is 0 Å². The van der Waals surface area contributed by atoms with E-state index in [4.69, 9.17) is 4.74 Å². The van der Waals surface area contributed by atoms with Crippen molar-refractivity contribution in [1.82, 2.24) is 0 Å². The molecule has 2 atom stereocenters. The Hall–Kier alpha value is -0.250. The maximum Gasteiger partial charge on any atom is 0.119 e. The third-order valence-electron chi connectivity index (χ3n) is 3.08. The van der Waals surface area contributed by atoms with Gasteiger partial charge in [0.1, 0.15) is 5.75 Å². The first-order valence-electron chi connectivity index (χ1n) is 5.14. The number of rotatable bonds is 3. The minimum Gasteiger partial charge on any atom is -0.493 e. The molecule has 14 heavy (non-hydrogen) atoms.